The number of nitrogens with zero attached hydrogens (tertiary/aromatic N) is 1. The summed E-state index contributed by atoms with van der Waals surface area (Å²) in [6.07, 6.45) is 19.3. The molecule has 1 aromatic carbocycles. The van der Waals surface area contributed by atoms with E-state index in [1.54, 1.807) is 0 Å². The van der Waals surface area contributed by atoms with Crippen LogP contribution in [0.25, 0.3) is 0 Å². The number of unbranched alkanes of at least 4 members (excludes halogenated alkanes) is 6. The molecule has 0 saturated heterocycles. The Morgan fingerprint density at radius 1 is 0.889 bits per heavy atom. The first-order chi connectivity index (χ1) is 17.5. The van der Waals surface area contributed by atoms with E-state index in [-0.39, 0.29) is 17.8 Å². The Hall–Kier alpha value is -2.00. The van der Waals surface area contributed by atoms with Crippen LogP contribution in [0.2, 0.25) is 0 Å². The van der Waals surface area contributed by atoms with Gasteiger partial charge in [0.1, 0.15) is 29.0 Å². The summed E-state index contributed by atoms with van der Waals surface area (Å²) in [5.74, 6) is -1.47. The Kier molecular flexibility index (Phi) is 12.1. The van der Waals surface area contributed by atoms with E-state index >= 15 is 0 Å². The van der Waals surface area contributed by atoms with Gasteiger partial charge < -0.3 is 9.47 Å². The molecule has 0 heterocycles. The summed E-state index contributed by atoms with van der Waals surface area (Å²) >= 11 is 0. The summed E-state index contributed by atoms with van der Waals surface area (Å²) < 4.78 is 39.0. The maximum Gasteiger partial charge on any atom is 0.314 e. The van der Waals surface area contributed by atoms with Crippen molar-refractivity contribution in [3.05, 3.63) is 29.3 Å². The second-order valence-electron chi connectivity index (χ2n) is 10.9. The molecule has 3 rings (SSSR count). The molecular formula is C30H43F2NO3. The minimum Gasteiger partial charge on any atom is -0.426 e. The summed E-state index contributed by atoms with van der Waals surface area (Å²) in [6.45, 7) is 3.08. The van der Waals surface area contributed by atoms with Gasteiger partial charge in [0.15, 0.2) is 0 Å². The second-order valence-corrected chi connectivity index (χ2v) is 10.9. The van der Waals surface area contributed by atoms with Crippen LogP contribution >= 0.6 is 0 Å². The van der Waals surface area contributed by atoms with Crippen LogP contribution in [0.15, 0.2) is 12.1 Å². The van der Waals surface area contributed by atoms with Gasteiger partial charge in [-0.3, -0.25) is 4.79 Å². The molecule has 0 atom stereocenters. The Labute approximate surface area is 215 Å². The van der Waals surface area contributed by atoms with Gasteiger partial charge in [-0.15, -0.1) is 0 Å². The predicted molar refractivity (Wildman–Crippen MR) is 136 cm³/mol. The molecule has 1 aromatic rings. The van der Waals surface area contributed by atoms with Gasteiger partial charge in [-0.2, -0.15) is 5.26 Å². The molecule has 36 heavy (non-hydrogen) atoms. The van der Waals surface area contributed by atoms with E-state index in [0.717, 1.165) is 37.5 Å². The van der Waals surface area contributed by atoms with Crippen molar-refractivity contribution in [3.63, 3.8) is 0 Å². The molecule has 0 amide bonds. The molecule has 2 aliphatic rings. The number of nitriles is 1. The minimum atomic E-state index is -1.02. The molecule has 200 valence electrons. The van der Waals surface area contributed by atoms with Crippen LogP contribution < -0.4 is 4.74 Å². The number of halogens is 2. The minimum absolute atomic E-state index is 0.171. The first-order valence-electron chi connectivity index (χ1n) is 14.2. The molecule has 0 N–H and O–H groups in total. The van der Waals surface area contributed by atoms with Crippen LogP contribution in [0.1, 0.15) is 115 Å². The van der Waals surface area contributed by atoms with Gasteiger partial charge in [0.2, 0.25) is 0 Å². The monoisotopic (exact) mass is 503 g/mol. The van der Waals surface area contributed by atoms with Crippen molar-refractivity contribution in [2.75, 3.05) is 6.61 Å². The molecule has 0 bridgehead atoms. The Morgan fingerprint density at radius 2 is 1.47 bits per heavy atom. The third-order valence-electron chi connectivity index (χ3n) is 8.10. The molecule has 0 unspecified atom stereocenters. The van der Waals surface area contributed by atoms with Gasteiger partial charge in [-0.05, 0) is 50.4 Å². The highest BCUT2D eigenvalue weighted by molar-refractivity contribution is 5.75. The summed E-state index contributed by atoms with van der Waals surface area (Å²) in [7, 11) is 0. The molecule has 4 nitrogen and oxygen atoms in total. The fourth-order valence-corrected chi connectivity index (χ4v) is 5.73. The smallest absolute Gasteiger partial charge is 0.314 e. The largest absolute Gasteiger partial charge is 0.426 e. The van der Waals surface area contributed by atoms with Crippen molar-refractivity contribution in [2.24, 2.45) is 17.8 Å². The maximum atomic E-state index is 13.8. The normalized spacial score (nSPS) is 24.3. The van der Waals surface area contributed by atoms with Crippen LogP contribution in [0.3, 0.4) is 0 Å². The van der Waals surface area contributed by atoms with Crippen molar-refractivity contribution in [3.8, 4) is 11.8 Å². The van der Waals surface area contributed by atoms with Gasteiger partial charge in [0.05, 0.1) is 12.0 Å². The lowest BCUT2D eigenvalue weighted by Crippen LogP contribution is -2.30. The fourth-order valence-electron chi connectivity index (χ4n) is 5.73. The molecule has 6 heteroatoms. The third-order valence-corrected chi connectivity index (χ3v) is 8.10. The highest BCUT2D eigenvalue weighted by Gasteiger charge is 2.29. The van der Waals surface area contributed by atoms with E-state index in [0.29, 0.717) is 18.8 Å². The van der Waals surface area contributed by atoms with Crippen LogP contribution in [0, 0.1) is 40.7 Å². The van der Waals surface area contributed by atoms with Crippen LogP contribution in [0.4, 0.5) is 8.78 Å². The predicted octanol–water partition coefficient (Wildman–Crippen LogP) is 8.26. The fraction of sp³-hybridized carbons (Fsp3) is 0.733. The number of esters is 1. The van der Waals surface area contributed by atoms with Gasteiger partial charge >= 0.3 is 5.97 Å². The van der Waals surface area contributed by atoms with Gasteiger partial charge in [0, 0.05) is 18.7 Å². The van der Waals surface area contributed by atoms with Crippen molar-refractivity contribution < 1.29 is 23.0 Å². The topological polar surface area (TPSA) is 59.3 Å². The lowest BCUT2D eigenvalue weighted by molar-refractivity contribution is -0.141. The van der Waals surface area contributed by atoms with E-state index in [9.17, 15) is 13.6 Å². The first kappa shape index (κ1) is 28.6. The number of hydrogen-bond donors (Lipinski definition) is 0. The Bertz CT molecular complexity index is 829. The third kappa shape index (κ3) is 9.14. The lowest BCUT2D eigenvalue weighted by Gasteiger charge is -2.31. The molecule has 0 radical (unpaired) electrons. The highest BCUT2D eigenvalue weighted by atomic mass is 19.1. The standard InChI is InChI=1S/C30H43F2NO3/c1-2-3-4-5-6-7-8-9-22-10-12-23(13-11-22)21-35-25-16-14-24(15-17-25)30(34)36-26-18-28(31)27(20-33)29(32)19-26/h18-19,22-25H,2-17,21H2,1H3/t22-,23-,24-,25-. The maximum absolute atomic E-state index is 13.8. The lowest BCUT2D eigenvalue weighted by atomic mass is 9.80. The van der Waals surface area contributed by atoms with E-state index < -0.39 is 23.2 Å². The van der Waals surface area contributed by atoms with E-state index in [1.807, 2.05) is 0 Å². The zero-order valence-electron chi connectivity index (χ0n) is 21.9. The number of benzene rings is 1. The van der Waals surface area contributed by atoms with Crippen molar-refractivity contribution in [1.29, 1.82) is 5.26 Å². The number of rotatable bonds is 13. The van der Waals surface area contributed by atoms with Gasteiger partial charge in [-0.25, -0.2) is 8.78 Å². The zero-order valence-corrected chi connectivity index (χ0v) is 21.9. The number of ether oxygens (including phenoxy) is 2. The Balaban J connectivity index is 1.27. The molecule has 2 saturated carbocycles. The first-order valence-corrected chi connectivity index (χ1v) is 14.2. The molecule has 0 aromatic heterocycles. The molecule has 2 aliphatic carbocycles. The molecule has 0 spiro atoms. The van der Waals surface area contributed by atoms with Gasteiger partial charge in [0.25, 0.3) is 0 Å². The number of carbonyl (C=O) groups excluding carboxylic acids is 1. The average molecular weight is 504 g/mol. The highest BCUT2D eigenvalue weighted by Crippen LogP contribution is 2.34. The van der Waals surface area contributed by atoms with Crippen LogP contribution in [-0.2, 0) is 9.53 Å². The number of carbonyl (C=O) groups is 1. The van der Waals surface area contributed by atoms with Crippen LogP contribution in [0.5, 0.6) is 5.75 Å². The van der Waals surface area contributed by atoms with Crippen molar-refractivity contribution in [2.45, 2.75) is 116 Å². The molecule has 0 aliphatic heterocycles. The summed E-state index contributed by atoms with van der Waals surface area (Å²) in [5.41, 5.74) is -0.672. The SMILES string of the molecule is CCCCCCCCC[C@H]1CC[C@H](CO[C@H]2CC[C@H](C(=O)Oc3cc(F)c(C#N)c(F)c3)CC2)CC1. The van der Waals surface area contributed by atoms with Gasteiger partial charge in [-0.1, -0.05) is 71.1 Å². The van der Waals surface area contributed by atoms with Crippen molar-refractivity contribution in [1.82, 2.24) is 0 Å². The summed E-state index contributed by atoms with van der Waals surface area (Å²) in [6, 6.07) is 3.24. The summed E-state index contributed by atoms with van der Waals surface area (Å²) in [4.78, 5) is 12.5. The van der Waals surface area contributed by atoms with E-state index in [2.05, 4.69) is 6.92 Å². The zero-order chi connectivity index (χ0) is 25.8. The van der Waals surface area contributed by atoms with E-state index in [1.165, 1.54) is 83.1 Å². The Morgan fingerprint density at radius 3 is 2.08 bits per heavy atom. The average Bonchev–Trinajstić information content (AvgIpc) is 2.88. The summed E-state index contributed by atoms with van der Waals surface area (Å²) in [5, 5.41) is 8.76. The van der Waals surface area contributed by atoms with Crippen LogP contribution in [-0.4, -0.2) is 18.7 Å². The van der Waals surface area contributed by atoms with Crippen molar-refractivity contribution >= 4 is 5.97 Å². The molecular weight excluding hydrogens is 460 g/mol. The quantitative estimate of drug-likeness (QED) is 0.154. The molecule has 2 fully saturated rings. The second kappa shape index (κ2) is 15.3. The number of hydrogen-bond acceptors (Lipinski definition) is 4. The van der Waals surface area contributed by atoms with E-state index in [4.69, 9.17) is 14.7 Å².